The first kappa shape index (κ1) is 99.2. The first-order valence-electron chi connectivity index (χ1n) is 1.95. The summed E-state index contributed by atoms with van der Waals surface area (Å²) in [4.78, 5) is 9.24. The van der Waals surface area contributed by atoms with Crippen LogP contribution in [0.5, 0.6) is 0 Å². The van der Waals surface area contributed by atoms with E-state index >= 15 is 0 Å². The van der Waals surface area contributed by atoms with Crippen LogP contribution in [0.4, 0.5) is 0 Å². The molecule has 12 nitrogen and oxygen atoms in total. The zero-order chi connectivity index (χ0) is 8.78. The molecule has 0 unspecified atom stereocenters. The average molecular weight is 500 g/mol. The van der Waals surface area contributed by atoms with E-state index in [1.807, 2.05) is 0 Å². The molecule has 20 heavy (non-hydrogen) atoms. The molecular weight excluding hydrogens is 474 g/mol. The van der Waals surface area contributed by atoms with Gasteiger partial charge in [-0.25, -0.2) is 0 Å². The van der Waals surface area contributed by atoms with Crippen molar-refractivity contribution >= 4 is 57.4 Å². The van der Waals surface area contributed by atoms with Gasteiger partial charge in [-0.15, -0.1) is 0 Å². The molecule has 0 aromatic carbocycles. The molecule has 0 saturated heterocycles. The minimum absolute atomic E-state index is 0. The molecule has 0 heterocycles. The van der Waals surface area contributed by atoms with E-state index in [0.29, 0.717) is 0 Å². The van der Waals surface area contributed by atoms with Crippen LogP contribution in [0, 0.1) is 0 Å². The van der Waals surface area contributed by atoms with Crippen molar-refractivity contribution in [1.82, 2.24) is 0 Å². The molecule has 0 fully saturated rings. The predicted molar refractivity (Wildman–Crippen MR) is 82.6 cm³/mol. The van der Waals surface area contributed by atoms with E-state index < -0.39 is 21.5 Å². The van der Waals surface area contributed by atoms with E-state index in [1.165, 1.54) is 0 Å². The van der Waals surface area contributed by atoms with Crippen molar-refractivity contribution in [1.29, 1.82) is 0 Å². The summed E-state index contributed by atoms with van der Waals surface area (Å²) in [6.07, 6.45) is 0. The summed E-state index contributed by atoms with van der Waals surface area (Å²) < 4.78 is 0. The van der Waals surface area contributed by atoms with Crippen molar-refractivity contribution in [3.05, 3.63) is 0 Å². The van der Waals surface area contributed by atoms with Gasteiger partial charge in [-0.05, 0) is 0 Å². The average Bonchev–Trinajstić information content (AvgIpc) is 1.61. The first-order chi connectivity index (χ1) is 4.27. The van der Waals surface area contributed by atoms with Crippen LogP contribution in [-0.2, 0) is 20.3 Å². The summed E-state index contributed by atoms with van der Waals surface area (Å²) in [5.41, 5.74) is 4.57. The summed E-state index contributed by atoms with van der Waals surface area (Å²) in [6, 6.07) is 0. The predicted octanol–water partition coefficient (Wildman–Crippen LogP) is -6.82. The number of rotatable bonds is 1. The summed E-state index contributed by atoms with van der Waals surface area (Å²) in [5.74, 6) is -0.968. The molecule has 0 atom stereocenters. The van der Waals surface area contributed by atoms with Gasteiger partial charge in [-0.1, -0.05) is 0 Å². The van der Waals surface area contributed by atoms with Crippen LogP contribution in [0.2, 0.25) is 0 Å². The Hall–Kier alpha value is 1.65. The molecule has 0 rings (SSSR count). The van der Waals surface area contributed by atoms with Gasteiger partial charge in [-0.3, -0.25) is 4.79 Å². The Morgan fingerprint density at radius 2 is 0.850 bits per heavy atom. The summed E-state index contributed by atoms with van der Waals surface area (Å²) in [5, 5.41) is 7.60. The standard InChI is InChI=1S/C2H5NO2.Al.4ClH.9H2O.Zr.3H/c3-1-2(4)5;;;;;;;;;;;;;;;;;;/h1,3H2,(H,4,5);;4*1H;9*1H2;;;;/q;;;;;;;;;;;;;;;+4;;;/p-4. The van der Waals surface area contributed by atoms with Crippen molar-refractivity contribution < 1.29 is 74.7 Å². The molecular formula is C2H26AlCl4NO11Zr. The summed E-state index contributed by atoms with van der Waals surface area (Å²) in [7, 11) is 20.1. The Bertz CT molecular complexity index is 115. The minimum atomic E-state index is -3.29. The molecule has 140 valence electrons. The van der Waals surface area contributed by atoms with Crippen LogP contribution in [-0.4, -0.2) is 84.3 Å². The Labute approximate surface area is 143 Å². The number of hydrogen-bond acceptors (Lipinski definition) is 2. The normalized spacial score (nSPS) is 4.85. The van der Waals surface area contributed by atoms with Crippen molar-refractivity contribution in [2.45, 2.75) is 0 Å². The molecule has 0 aromatic heterocycles. The zero-order valence-electron chi connectivity index (χ0n) is 9.15. The fourth-order valence-electron chi connectivity index (χ4n) is 0. The molecule has 18 heteroatoms. The fourth-order valence-corrected chi connectivity index (χ4v) is 0. The zero-order valence-corrected chi connectivity index (χ0v) is 14.6. The van der Waals surface area contributed by atoms with Crippen LogP contribution in [0.25, 0.3) is 0 Å². The molecule has 0 aliphatic heterocycles. The van der Waals surface area contributed by atoms with Gasteiger partial charge in [0.25, 0.3) is 0 Å². The Morgan fingerprint density at radius 3 is 0.850 bits per heavy atom. The summed E-state index contributed by atoms with van der Waals surface area (Å²) in [6.45, 7) is -0.278. The third-order valence-corrected chi connectivity index (χ3v) is 0.175. The van der Waals surface area contributed by atoms with Gasteiger partial charge in [0.05, 0.1) is 6.54 Å². The van der Waals surface area contributed by atoms with Crippen LogP contribution < -0.4 is 5.73 Å². The number of nitrogens with two attached hydrogens (primary N) is 1. The third kappa shape index (κ3) is 514. The molecule has 0 aliphatic carbocycles. The van der Waals surface area contributed by atoms with E-state index in [1.54, 1.807) is 0 Å². The maximum atomic E-state index is 9.24. The Kier molecular flexibility index (Phi) is 291. The van der Waals surface area contributed by atoms with Gasteiger partial charge >= 0.3 is 55.5 Å². The SMILES string of the molecule is NCC(=O)O.O.O.O.O.O.O.O.O.O.[AlH3].[Cl][Zr]([Cl])([Cl])[Cl]. The van der Waals surface area contributed by atoms with Crippen LogP contribution in [0.3, 0.4) is 0 Å². The number of aliphatic carboxylic acids is 1. The number of carbonyl (C=O) groups is 1. The molecule has 21 N–H and O–H groups in total. The molecule has 0 radical (unpaired) electrons. The monoisotopic (exact) mass is 497 g/mol. The number of halogens is 4. The Balaban J connectivity index is -0.00000000427. The quantitative estimate of drug-likeness (QED) is 0.332. The second-order valence-corrected chi connectivity index (χ2v) is 23.4. The van der Waals surface area contributed by atoms with Gasteiger partial charge < -0.3 is 60.1 Å². The van der Waals surface area contributed by atoms with Crippen molar-refractivity contribution in [2.75, 3.05) is 6.54 Å². The molecule has 0 spiro atoms. The van der Waals surface area contributed by atoms with Crippen molar-refractivity contribution in [3.8, 4) is 0 Å². The second kappa shape index (κ2) is 58.8. The van der Waals surface area contributed by atoms with Crippen LogP contribution in [0.15, 0.2) is 0 Å². The topological polar surface area (TPSA) is 347 Å². The molecule has 0 saturated carbocycles. The summed E-state index contributed by atoms with van der Waals surface area (Å²) >= 11 is -3.29. The van der Waals surface area contributed by atoms with E-state index in [2.05, 4.69) is 5.73 Å². The molecule has 0 bridgehead atoms. The second-order valence-electron chi connectivity index (χ2n) is 1.03. The van der Waals surface area contributed by atoms with E-state index in [-0.39, 0.29) is 73.2 Å². The van der Waals surface area contributed by atoms with Gasteiger partial charge in [0.2, 0.25) is 0 Å². The third-order valence-electron chi connectivity index (χ3n) is 0.175. The number of hydrogen-bond donors (Lipinski definition) is 2. The van der Waals surface area contributed by atoms with E-state index in [4.69, 9.17) is 39.2 Å². The van der Waals surface area contributed by atoms with Crippen LogP contribution >= 0.6 is 34.1 Å². The number of carboxylic acid groups (broad SMARTS) is 1. The van der Waals surface area contributed by atoms with Crippen molar-refractivity contribution in [2.24, 2.45) is 5.73 Å². The van der Waals surface area contributed by atoms with Crippen LogP contribution in [0.1, 0.15) is 0 Å². The van der Waals surface area contributed by atoms with E-state index in [9.17, 15) is 4.79 Å². The Morgan fingerprint density at radius 1 is 0.800 bits per heavy atom. The van der Waals surface area contributed by atoms with Gasteiger partial charge in [0, 0.05) is 0 Å². The van der Waals surface area contributed by atoms with Gasteiger partial charge in [0.1, 0.15) is 0 Å². The fraction of sp³-hybridized carbons (Fsp3) is 0.500. The molecule has 0 aliphatic rings. The molecule has 0 amide bonds. The number of carboxylic acids is 1. The van der Waals surface area contributed by atoms with Gasteiger partial charge in [0.15, 0.2) is 17.4 Å². The first-order valence-corrected chi connectivity index (χ1v) is 14.6. The molecule has 0 aromatic rings. The van der Waals surface area contributed by atoms with E-state index in [0.717, 1.165) is 0 Å². The maximum absolute atomic E-state index is 9.24. The van der Waals surface area contributed by atoms with Gasteiger partial charge in [-0.2, -0.15) is 0 Å². The van der Waals surface area contributed by atoms with Crippen molar-refractivity contribution in [3.63, 3.8) is 0 Å².